The molecule has 0 fully saturated rings. The molecule has 0 aliphatic rings. The lowest BCUT2D eigenvalue weighted by molar-refractivity contribution is 0.0904. The molecule has 0 bridgehead atoms. The molecule has 1 rings (SSSR count). The molecule has 0 heterocycles. The fourth-order valence-corrected chi connectivity index (χ4v) is 1.65. The summed E-state index contributed by atoms with van der Waals surface area (Å²) in [5, 5.41) is 5.15. The van der Waals surface area contributed by atoms with Crippen molar-refractivity contribution >= 4 is 11.6 Å². The van der Waals surface area contributed by atoms with Gasteiger partial charge in [0.25, 0.3) is 5.91 Å². The second-order valence-electron chi connectivity index (χ2n) is 4.18. The number of amides is 1. The fourth-order valence-electron chi connectivity index (χ4n) is 1.65. The van der Waals surface area contributed by atoms with Crippen LogP contribution < -0.4 is 10.6 Å². The molecule has 1 unspecified atom stereocenters. The molecule has 1 amide bonds. The number of carbonyl (C=O) groups excluding carboxylic acids is 1. The summed E-state index contributed by atoms with van der Waals surface area (Å²) in [6.45, 7) is 4.18. The highest BCUT2D eigenvalue weighted by Crippen LogP contribution is 2.20. The van der Waals surface area contributed by atoms with Gasteiger partial charge in [-0.2, -0.15) is 0 Å². The summed E-state index contributed by atoms with van der Waals surface area (Å²) in [6.07, 6.45) is 0. The molecule has 0 aliphatic heterocycles. The van der Waals surface area contributed by atoms with Gasteiger partial charge in [0.15, 0.2) is 0 Å². The van der Waals surface area contributed by atoms with Crippen LogP contribution in [0.3, 0.4) is 0 Å². The van der Waals surface area contributed by atoms with Gasteiger partial charge in [0.1, 0.15) is 17.3 Å². The number of nitrogens with one attached hydrogen (secondary N) is 2. The van der Waals surface area contributed by atoms with Crippen LogP contribution in [0.4, 0.5) is 14.5 Å². The highest BCUT2D eigenvalue weighted by Gasteiger charge is 2.16. The van der Waals surface area contributed by atoms with Crippen molar-refractivity contribution in [2.24, 2.45) is 0 Å². The van der Waals surface area contributed by atoms with Crippen molar-refractivity contribution < 1.29 is 18.3 Å². The first-order chi connectivity index (χ1) is 8.99. The molecule has 106 valence electrons. The number of methoxy groups -OCH3 is 1. The maximum absolute atomic E-state index is 13.6. The maximum Gasteiger partial charge on any atom is 0.251 e. The molecular formula is C13H18F2N2O2. The third-order valence-electron chi connectivity index (χ3n) is 2.45. The van der Waals surface area contributed by atoms with Crippen molar-refractivity contribution in [1.29, 1.82) is 0 Å². The van der Waals surface area contributed by atoms with Crippen LogP contribution in [0.25, 0.3) is 0 Å². The van der Waals surface area contributed by atoms with E-state index in [-0.39, 0.29) is 17.3 Å². The minimum absolute atomic E-state index is 0.0559. The highest BCUT2D eigenvalue weighted by molar-refractivity contribution is 5.94. The topological polar surface area (TPSA) is 50.4 Å². The second-order valence-corrected chi connectivity index (χ2v) is 4.18. The summed E-state index contributed by atoms with van der Waals surface area (Å²) in [5.74, 6) is -2.11. The largest absolute Gasteiger partial charge is 0.383 e. The first-order valence-corrected chi connectivity index (χ1v) is 6.02. The number of rotatable bonds is 6. The van der Waals surface area contributed by atoms with Crippen LogP contribution in [0.15, 0.2) is 12.1 Å². The fraction of sp³-hybridized carbons (Fsp3) is 0.462. The summed E-state index contributed by atoms with van der Waals surface area (Å²) in [4.78, 5) is 11.8. The minimum Gasteiger partial charge on any atom is -0.383 e. The van der Waals surface area contributed by atoms with E-state index in [1.54, 1.807) is 13.8 Å². The number of anilines is 1. The zero-order valence-corrected chi connectivity index (χ0v) is 11.2. The number of hydrogen-bond donors (Lipinski definition) is 2. The normalized spacial score (nSPS) is 12.1. The van der Waals surface area contributed by atoms with E-state index < -0.39 is 17.5 Å². The maximum atomic E-state index is 13.6. The van der Waals surface area contributed by atoms with E-state index in [1.165, 1.54) is 7.11 Å². The quantitative estimate of drug-likeness (QED) is 0.834. The molecule has 4 nitrogen and oxygen atoms in total. The average molecular weight is 272 g/mol. The standard InChI is InChI=1S/C13H18F2N2O2/c1-4-16-12-10(14)5-9(6-11(12)15)13(18)17-8(2)7-19-3/h5-6,8,16H,4,7H2,1-3H3,(H,17,18). The van der Waals surface area contributed by atoms with Gasteiger partial charge in [-0.25, -0.2) is 8.78 Å². The van der Waals surface area contributed by atoms with Crippen molar-refractivity contribution in [2.45, 2.75) is 19.9 Å². The predicted octanol–water partition coefficient (Wildman–Crippen LogP) is 2.16. The van der Waals surface area contributed by atoms with Gasteiger partial charge < -0.3 is 15.4 Å². The molecule has 1 atom stereocenters. The molecule has 0 aromatic heterocycles. The Morgan fingerprint density at radius 2 is 1.95 bits per heavy atom. The van der Waals surface area contributed by atoms with Crippen LogP contribution in [-0.4, -0.2) is 32.2 Å². The van der Waals surface area contributed by atoms with Crippen molar-refractivity contribution in [1.82, 2.24) is 5.32 Å². The second kappa shape index (κ2) is 7.04. The monoisotopic (exact) mass is 272 g/mol. The zero-order chi connectivity index (χ0) is 14.4. The number of hydrogen-bond acceptors (Lipinski definition) is 3. The van der Waals surface area contributed by atoms with E-state index in [2.05, 4.69) is 10.6 Å². The average Bonchev–Trinajstić information content (AvgIpc) is 2.33. The van der Waals surface area contributed by atoms with Crippen LogP contribution >= 0.6 is 0 Å². The van der Waals surface area contributed by atoms with Gasteiger partial charge in [0.05, 0.1) is 6.61 Å². The SMILES string of the molecule is CCNc1c(F)cc(C(=O)NC(C)COC)cc1F. The minimum atomic E-state index is -0.786. The highest BCUT2D eigenvalue weighted by atomic mass is 19.1. The van der Waals surface area contributed by atoms with Gasteiger partial charge in [-0.05, 0) is 26.0 Å². The zero-order valence-electron chi connectivity index (χ0n) is 11.2. The van der Waals surface area contributed by atoms with Gasteiger partial charge in [0.2, 0.25) is 0 Å². The predicted molar refractivity (Wildman–Crippen MR) is 69.3 cm³/mol. The van der Waals surface area contributed by atoms with E-state index >= 15 is 0 Å². The lowest BCUT2D eigenvalue weighted by atomic mass is 10.1. The van der Waals surface area contributed by atoms with Gasteiger partial charge in [-0.1, -0.05) is 0 Å². The third kappa shape index (κ3) is 4.17. The Morgan fingerprint density at radius 1 is 1.37 bits per heavy atom. The van der Waals surface area contributed by atoms with Gasteiger partial charge in [-0.15, -0.1) is 0 Å². The summed E-state index contributed by atoms with van der Waals surface area (Å²) in [6, 6.07) is 1.78. The Hall–Kier alpha value is -1.69. The van der Waals surface area contributed by atoms with E-state index in [0.717, 1.165) is 12.1 Å². The molecule has 6 heteroatoms. The van der Waals surface area contributed by atoms with Crippen LogP contribution in [0, 0.1) is 11.6 Å². The molecule has 1 aromatic rings. The van der Waals surface area contributed by atoms with Gasteiger partial charge in [-0.3, -0.25) is 4.79 Å². The smallest absolute Gasteiger partial charge is 0.251 e. The third-order valence-corrected chi connectivity index (χ3v) is 2.45. The van der Waals surface area contributed by atoms with E-state index in [0.29, 0.717) is 13.2 Å². The molecule has 0 spiro atoms. The Bertz CT molecular complexity index is 429. The molecule has 1 aromatic carbocycles. The summed E-state index contributed by atoms with van der Waals surface area (Å²) in [7, 11) is 1.51. The number of ether oxygens (including phenoxy) is 1. The number of benzene rings is 1. The van der Waals surface area contributed by atoms with E-state index in [4.69, 9.17) is 4.74 Å². The molecule has 0 aliphatic carbocycles. The summed E-state index contributed by atoms with van der Waals surface area (Å²) >= 11 is 0. The van der Waals surface area contributed by atoms with Crippen LogP contribution in [0.1, 0.15) is 24.2 Å². The molecule has 0 radical (unpaired) electrons. The number of carbonyl (C=O) groups is 1. The van der Waals surface area contributed by atoms with E-state index in [9.17, 15) is 13.6 Å². The van der Waals surface area contributed by atoms with Crippen LogP contribution in [-0.2, 0) is 4.74 Å². The Labute approximate surface area is 111 Å². The molecule has 2 N–H and O–H groups in total. The Morgan fingerprint density at radius 3 is 2.42 bits per heavy atom. The molecule has 19 heavy (non-hydrogen) atoms. The van der Waals surface area contributed by atoms with E-state index in [1.807, 2.05) is 0 Å². The van der Waals surface area contributed by atoms with Crippen LogP contribution in [0.2, 0.25) is 0 Å². The number of halogens is 2. The van der Waals surface area contributed by atoms with Crippen LogP contribution in [0.5, 0.6) is 0 Å². The van der Waals surface area contributed by atoms with Crippen molar-refractivity contribution in [3.05, 3.63) is 29.3 Å². The van der Waals surface area contributed by atoms with Gasteiger partial charge >= 0.3 is 0 Å². The van der Waals surface area contributed by atoms with Crippen molar-refractivity contribution in [2.75, 3.05) is 25.6 Å². The molecular weight excluding hydrogens is 254 g/mol. The van der Waals surface area contributed by atoms with Gasteiger partial charge in [0, 0.05) is 25.3 Å². The van der Waals surface area contributed by atoms with Crippen molar-refractivity contribution in [3.8, 4) is 0 Å². The lowest BCUT2D eigenvalue weighted by Gasteiger charge is -2.14. The Balaban J connectivity index is 2.87. The van der Waals surface area contributed by atoms with Crippen molar-refractivity contribution in [3.63, 3.8) is 0 Å². The first kappa shape index (κ1) is 15.4. The summed E-state index contributed by atoms with van der Waals surface area (Å²) in [5.41, 5.74) is -0.274. The Kier molecular flexibility index (Phi) is 5.69. The summed E-state index contributed by atoms with van der Waals surface area (Å²) < 4.78 is 32.1. The molecule has 0 saturated heterocycles. The molecule has 0 saturated carbocycles. The first-order valence-electron chi connectivity index (χ1n) is 6.02. The lowest BCUT2D eigenvalue weighted by Crippen LogP contribution is -2.35.